The molecule has 6 rings (SSSR count). The summed E-state index contributed by atoms with van der Waals surface area (Å²) in [6.45, 7) is 10.9. The van der Waals surface area contributed by atoms with Gasteiger partial charge >= 0.3 is 5.69 Å². The Morgan fingerprint density at radius 1 is 1.27 bits per heavy atom. The predicted octanol–water partition coefficient (Wildman–Crippen LogP) is 2.19. The molecule has 4 aromatic rings. The summed E-state index contributed by atoms with van der Waals surface area (Å²) in [5.41, 5.74) is 2.05. The SMILES string of the molecule is C=CC(=O)N1CCN(c2nc(=O)n3c4nc(c(F)cc24)OCc2cn(nn2)Cc2ccnc(C(C)C)c2-3)[C@@H](C)C1. The van der Waals surface area contributed by atoms with E-state index in [2.05, 4.69) is 31.8 Å². The zero-order chi connectivity index (χ0) is 28.1. The van der Waals surface area contributed by atoms with Crippen LogP contribution in [0.15, 0.2) is 42.0 Å². The largest absolute Gasteiger partial charge is 0.469 e. The van der Waals surface area contributed by atoms with Gasteiger partial charge in [-0.05, 0) is 31.1 Å². The van der Waals surface area contributed by atoms with Crippen molar-refractivity contribution in [3.63, 3.8) is 0 Å². The Bertz CT molecular complexity index is 1710. The van der Waals surface area contributed by atoms with E-state index in [1.807, 2.05) is 31.7 Å². The number of nitrogens with zero attached hydrogens (tertiary/aromatic N) is 9. The van der Waals surface area contributed by atoms with Crippen molar-refractivity contribution in [2.45, 2.75) is 45.9 Å². The number of halogens is 1. The third-order valence-electron chi connectivity index (χ3n) is 7.24. The number of rotatable bonds is 3. The van der Waals surface area contributed by atoms with Gasteiger partial charge in [0.1, 0.15) is 18.1 Å². The quantitative estimate of drug-likeness (QED) is 0.356. The smallest absolute Gasteiger partial charge is 0.355 e. The minimum Gasteiger partial charge on any atom is -0.469 e. The molecule has 0 spiro atoms. The molecule has 0 radical (unpaired) electrons. The highest BCUT2D eigenvalue weighted by Crippen LogP contribution is 2.33. The van der Waals surface area contributed by atoms with E-state index >= 15 is 4.39 Å². The van der Waals surface area contributed by atoms with Gasteiger partial charge in [0, 0.05) is 37.4 Å². The van der Waals surface area contributed by atoms with E-state index in [0.717, 1.165) is 5.56 Å². The molecule has 0 unspecified atom stereocenters. The van der Waals surface area contributed by atoms with Crippen LogP contribution in [0, 0.1) is 5.82 Å². The number of amides is 1. The van der Waals surface area contributed by atoms with Crippen LogP contribution < -0.4 is 15.3 Å². The number of hydrogen-bond donors (Lipinski definition) is 0. The maximum Gasteiger partial charge on any atom is 0.355 e. The molecule has 40 heavy (non-hydrogen) atoms. The topological polar surface area (TPSA) is 124 Å². The van der Waals surface area contributed by atoms with Crippen molar-refractivity contribution < 1.29 is 13.9 Å². The van der Waals surface area contributed by atoms with Gasteiger partial charge in [-0.3, -0.25) is 9.78 Å². The summed E-state index contributed by atoms with van der Waals surface area (Å²) in [7, 11) is 0. The Kier molecular flexibility index (Phi) is 6.28. The highest BCUT2D eigenvalue weighted by molar-refractivity contribution is 5.90. The lowest BCUT2D eigenvalue weighted by molar-refractivity contribution is -0.126. The second kappa shape index (κ2) is 9.81. The Morgan fingerprint density at radius 3 is 2.85 bits per heavy atom. The van der Waals surface area contributed by atoms with Gasteiger partial charge in [0.25, 0.3) is 5.88 Å². The number of pyridine rings is 2. The lowest BCUT2D eigenvalue weighted by atomic mass is 10.0. The summed E-state index contributed by atoms with van der Waals surface area (Å²) < 4.78 is 24.2. The Balaban J connectivity index is 1.62. The predicted molar refractivity (Wildman–Crippen MR) is 144 cm³/mol. The van der Waals surface area contributed by atoms with Gasteiger partial charge in [0.05, 0.1) is 29.5 Å². The molecule has 0 saturated carbocycles. The number of carbonyl (C=O) groups excluding carboxylic acids is 1. The summed E-state index contributed by atoms with van der Waals surface area (Å²) in [5, 5.41) is 8.65. The van der Waals surface area contributed by atoms with Crippen LogP contribution in [0.1, 0.15) is 43.6 Å². The number of fused-ring (bicyclic) bond motifs is 5. The number of piperazine rings is 1. The van der Waals surface area contributed by atoms with E-state index in [4.69, 9.17) is 4.74 Å². The first-order valence-corrected chi connectivity index (χ1v) is 13.1. The lowest BCUT2D eigenvalue weighted by Gasteiger charge is -2.40. The van der Waals surface area contributed by atoms with Crippen molar-refractivity contribution in [3.05, 3.63) is 70.4 Å². The molecule has 0 aromatic carbocycles. The summed E-state index contributed by atoms with van der Waals surface area (Å²) in [6, 6.07) is 2.92. The van der Waals surface area contributed by atoms with Crippen LogP contribution in [0.25, 0.3) is 16.7 Å². The zero-order valence-corrected chi connectivity index (χ0v) is 22.4. The standard InChI is InChI=1S/C27H28FN9O3/c1-5-21(38)34-8-9-36(16(4)11-34)24-19-10-20(28)26-30-25(19)37(27(39)31-24)23-17(6-7-29-22(23)15(2)3)12-35-13-18(14-40-26)32-33-35/h5-7,10,13,15-16H,1,8-9,11-12,14H2,2-4H3/t16-/m0/s1. The van der Waals surface area contributed by atoms with Crippen molar-refractivity contribution in [2.75, 3.05) is 24.5 Å². The first-order chi connectivity index (χ1) is 19.2. The fourth-order valence-corrected chi connectivity index (χ4v) is 5.33. The Morgan fingerprint density at radius 2 is 2.10 bits per heavy atom. The monoisotopic (exact) mass is 545 g/mol. The third kappa shape index (κ3) is 4.27. The molecule has 1 amide bonds. The van der Waals surface area contributed by atoms with E-state index in [9.17, 15) is 9.59 Å². The fourth-order valence-electron chi connectivity index (χ4n) is 5.33. The summed E-state index contributed by atoms with van der Waals surface area (Å²) >= 11 is 0. The molecule has 6 heterocycles. The fraction of sp³-hybridized carbons (Fsp3) is 0.370. The van der Waals surface area contributed by atoms with Gasteiger partial charge in [0.15, 0.2) is 11.5 Å². The summed E-state index contributed by atoms with van der Waals surface area (Å²) in [5.74, 6) is -0.887. The molecule has 13 heteroatoms. The maximum absolute atomic E-state index is 15.5. The minimum atomic E-state index is -0.700. The highest BCUT2D eigenvalue weighted by Gasteiger charge is 2.31. The Hall–Kier alpha value is -4.68. The molecule has 206 valence electrons. The zero-order valence-electron chi connectivity index (χ0n) is 22.4. The van der Waals surface area contributed by atoms with Crippen molar-refractivity contribution in [2.24, 2.45) is 0 Å². The molecule has 4 bridgehead atoms. The van der Waals surface area contributed by atoms with Gasteiger partial charge in [-0.2, -0.15) is 9.97 Å². The van der Waals surface area contributed by atoms with Crippen molar-refractivity contribution in [1.82, 2.24) is 39.4 Å². The van der Waals surface area contributed by atoms with Crippen molar-refractivity contribution in [3.8, 4) is 11.6 Å². The molecule has 12 nitrogen and oxygen atoms in total. The molecule has 4 aromatic heterocycles. The van der Waals surface area contributed by atoms with E-state index in [1.54, 1.807) is 22.0 Å². The van der Waals surface area contributed by atoms with Crippen LogP contribution in [0.2, 0.25) is 0 Å². The van der Waals surface area contributed by atoms with Crippen LogP contribution in [0.4, 0.5) is 10.2 Å². The first-order valence-electron chi connectivity index (χ1n) is 13.1. The van der Waals surface area contributed by atoms with E-state index in [-0.39, 0.29) is 36.0 Å². The van der Waals surface area contributed by atoms with E-state index in [1.165, 1.54) is 16.7 Å². The van der Waals surface area contributed by atoms with Crippen LogP contribution >= 0.6 is 0 Å². The highest BCUT2D eigenvalue weighted by atomic mass is 19.1. The van der Waals surface area contributed by atoms with Gasteiger partial charge in [-0.25, -0.2) is 18.4 Å². The van der Waals surface area contributed by atoms with Gasteiger partial charge in [-0.15, -0.1) is 5.10 Å². The first kappa shape index (κ1) is 25.6. The number of aromatic nitrogens is 7. The minimum absolute atomic E-state index is 0.0473. The molecule has 2 aliphatic heterocycles. The summed E-state index contributed by atoms with van der Waals surface area (Å²) in [4.78, 5) is 43.4. The van der Waals surface area contributed by atoms with E-state index in [0.29, 0.717) is 54.5 Å². The molecule has 2 aliphatic rings. The number of anilines is 1. The van der Waals surface area contributed by atoms with Crippen molar-refractivity contribution >= 4 is 22.8 Å². The maximum atomic E-state index is 15.5. The van der Waals surface area contributed by atoms with Crippen LogP contribution in [-0.4, -0.2) is 71.0 Å². The molecule has 1 atom stereocenters. The molecule has 0 aliphatic carbocycles. The van der Waals surface area contributed by atoms with Gasteiger partial charge < -0.3 is 14.5 Å². The number of ether oxygens (including phenoxy) is 1. The molecule has 1 fully saturated rings. The van der Waals surface area contributed by atoms with Crippen molar-refractivity contribution in [1.29, 1.82) is 0 Å². The van der Waals surface area contributed by atoms with Crippen LogP contribution in [0.5, 0.6) is 5.88 Å². The van der Waals surface area contributed by atoms with Crippen LogP contribution in [0.3, 0.4) is 0 Å². The molecule has 1 saturated heterocycles. The number of carbonyl (C=O) groups is 1. The molecular weight excluding hydrogens is 517 g/mol. The lowest BCUT2D eigenvalue weighted by Crippen LogP contribution is -2.54. The normalized spacial score (nSPS) is 16.9. The van der Waals surface area contributed by atoms with Gasteiger partial charge in [-0.1, -0.05) is 25.6 Å². The average Bonchev–Trinajstić information content (AvgIpc) is 3.38. The molecule has 0 N–H and O–H groups in total. The second-order valence-electron chi connectivity index (χ2n) is 10.3. The third-order valence-corrected chi connectivity index (χ3v) is 7.24. The Labute approximate surface area is 228 Å². The molecular formula is C27H28FN9O3. The van der Waals surface area contributed by atoms with Gasteiger partial charge in [0.2, 0.25) is 5.91 Å². The number of hydrogen-bond acceptors (Lipinski definition) is 9. The summed E-state index contributed by atoms with van der Waals surface area (Å²) in [6.07, 6.45) is 4.69. The second-order valence-corrected chi connectivity index (χ2v) is 10.3. The van der Waals surface area contributed by atoms with Crippen LogP contribution in [-0.2, 0) is 17.9 Å². The van der Waals surface area contributed by atoms with E-state index < -0.39 is 11.5 Å². The average molecular weight is 546 g/mol.